The molecule has 2 rings (SSSR count). The maximum absolute atomic E-state index is 11.9. The zero-order chi connectivity index (χ0) is 13.9. The second-order valence-corrected chi connectivity index (χ2v) is 6.39. The molecule has 0 aliphatic heterocycles. The third-order valence-electron chi connectivity index (χ3n) is 2.46. The molecule has 1 unspecified atom stereocenters. The van der Waals surface area contributed by atoms with Crippen LogP contribution in [0.3, 0.4) is 0 Å². The van der Waals surface area contributed by atoms with E-state index in [1.807, 2.05) is 5.38 Å². The van der Waals surface area contributed by atoms with E-state index >= 15 is 0 Å². The molecule has 0 aliphatic carbocycles. The average Bonchev–Trinajstić information content (AvgIpc) is 2.90. The Balaban J connectivity index is 2.04. The number of rotatable bonds is 5. The fourth-order valence-corrected chi connectivity index (χ4v) is 3.09. The van der Waals surface area contributed by atoms with Gasteiger partial charge in [-0.1, -0.05) is 0 Å². The van der Waals surface area contributed by atoms with Crippen molar-refractivity contribution < 1.29 is 13.5 Å². The summed E-state index contributed by atoms with van der Waals surface area (Å²) in [5.41, 5.74) is 6.07. The fraction of sp³-hybridized carbons (Fsp3) is 0.182. The molecular weight excluding hydrogens is 286 g/mol. The van der Waals surface area contributed by atoms with Crippen LogP contribution in [0.15, 0.2) is 40.1 Å². The SMILES string of the molecule is Nc1ccc(S(=O)(=O)NCC(O)c2ccsc2)cn1. The average molecular weight is 299 g/mol. The van der Waals surface area contributed by atoms with Crippen LogP contribution in [0.25, 0.3) is 0 Å². The summed E-state index contributed by atoms with van der Waals surface area (Å²) >= 11 is 1.44. The number of aliphatic hydroxyl groups is 1. The fourth-order valence-electron chi connectivity index (χ4n) is 1.41. The Morgan fingerprint density at radius 3 is 2.79 bits per heavy atom. The first-order valence-corrected chi connectivity index (χ1v) is 7.83. The van der Waals surface area contributed by atoms with Crippen molar-refractivity contribution in [2.24, 2.45) is 0 Å². The van der Waals surface area contributed by atoms with Gasteiger partial charge in [-0.05, 0) is 34.5 Å². The van der Waals surface area contributed by atoms with E-state index in [4.69, 9.17) is 5.73 Å². The van der Waals surface area contributed by atoms with Gasteiger partial charge in [0.15, 0.2) is 0 Å². The zero-order valence-corrected chi connectivity index (χ0v) is 11.5. The number of hydrogen-bond acceptors (Lipinski definition) is 6. The van der Waals surface area contributed by atoms with Gasteiger partial charge in [0.1, 0.15) is 10.7 Å². The van der Waals surface area contributed by atoms with E-state index in [9.17, 15) is 13.5 Å². The number of pyridine rings is 1. The summed E-state index contributed by atoms with van der Waals surface area (Å²) < 4.78 is 26.2. The normalized spacial score (nSPS) is 13.3. The first kappa shape index (κ1) is 13.9. The van der Waals surface area contributed by atoms with Gasteiger partial charge in [0.25, 0.3) is 0 Å². The Kier molecular flexibility index (Phi) is 4.15. The van der Waals surface area contributed by atoms with E-state index in [0.29, 0.717) is 5.56 Å². The van der Waals surface area contributed by atoms with Crippen LogP contribution >= 0.6 is 11.3 Å². The van der Waals surface area contributed by atoms with Gasteiger partial charge in [0, 0.05) is 12.7 Å². The number of aromatic nitrogens is 1. The summed E-state index contributed by atoms with van der Waals surface area (Å²) in [6.45, 7) is -0.0938. The monoisotopic (exact) mass is 299 g/mol. The smallest absolute Gasteiger partial charge is 0.242 e. The largest absolute Gasteiger partial charge is 0.387 e. The summed E-state index contributed by atoms with van der Waals surface area (Å²) in [4.78, 5) is 3.73. The summed E-state index contributed by atoms with van der Waals surface area (Å²) in [7, 11) is -3.69. The van der Waals surface area contributed by atoms with Crippen molar-refractivity contribution in [3.8, 4) is 0 Å². The summed E-state index contributed by atoms with van der Waals surface area (Å²) in [5.74, 6) is 0.247. The van der Waals surface area contributed by atoms with Crippen LogP contribution in [0.4, 0.5) is 5.82 Å². The summed E-state index contributed by atoms with van der Waals surface area (Å²) in [6.07, 6.45) is 0.303. The molecule has 19 heavy (non-hydrogen) atoms. The molecule has 0 fully saturated rings. The predicted molar refractivity (Wildman–Crippen MR) is 73.1 cm³/mol. The maximum Gasteiger partial charge on any atom is 0.242 e. The van der Waals surface area contributed by atoms with Gasteiger partial charge in [-0.25, -0.2) is 18.1 Å². The molecule has 2 aromatic heterocycles. The molecule has 0 bridgehead atoms. The van der Waals surface area contributed by atoms with E-state index in [1.165, 1.54) is 29.7 Å². The summed E-state index contributed by atoms with van der Waals surface area (Å²) in [6, 6.07) is 4.51. The van der Waals surface area contributed by atoms with Crippen LogP contribution in [0.5, 0.6) is 0 Å². The van der Waals surface area contributed by atoms with E-state index in [1.54, 1.807) is 11.4 Å². The van der Waals surface area contributed by atoms with E-state index < -0.39 is 16.1 Å². The number of anilines is 1. The van der Waals surface area contributed by atoms with Crippen molar-refractivity contribution in [2.75, 3.05) is 12.3 Å². The minimum absolute atomic E-state index is 0.0132. The second-order valence-electron chi connectivity index (χ2n) is 3.84. The molecule has 0 aromatic carbocycles. The van der Waals surface area contributed by atoms with Crippen molar-refractivity contribution >= 4 is 27.2 Å². The molecule has 1 atom stereocenters. The highest BCUT2D eigenvalue weighted by Crippen LogP contribution is 2.16. The van der Waals surface area contributed by atoms with Crippen molar-refractivity contribution in [1.29, 1.82) is 0 Å². The first-order chi connectivity index (χ1) is 8.99. The lowest BCUT2D eigenvalue weighted by molar-refractivity contribution is 0.182. The number of aliphatic hydroxyl groups excluding tert-OH is 1. The van der Waals surface area contributed by atoms with Gasteiger partial charge in [0.2, 0.25) is 10.0 Å². The molecule has 102 valence electrons. The number of nitrogens with zero attached hydrogens (tertiary/aromatic N) is 1. The lowest BCUT2D eigenvalue weighted by Crippen LogP contribution is -2.28. The van der Waals surface area contributed by atoms with Crippen molar-refractivity contribution in [2.45, 2.75) is 11.0 Å². The number of sulfonamides is 1. The molecule has 4 N–H and O–H groups in total. The highest BCUT2D eigenvalue weighted by molar-refractivity contribution is 7.89. The molecule has 6 nitrogen and oxygen atoms in total. The van der Waals surface area contributed by atoms with Crippen LogP contribution in [0.2, 0.25) is 0 Å². The standard InChI is InChI=1S/C11H13N3O3S2/c12-11-2-1-9(5-13-11)19(16,17)14-6-10(15)8-3-4-18-7-8/h1-5,7,10,14-15H,6H2,(H2,12,13). The minimum atomic E-state index is -3.69. The van der Waals surface area contributed by atoms with E-state index in [-0.39, 0.29) is 17.3 Å². The molecule has 0 amide bonds. The number of hydrogen-bond donors (Lipinski definition) is 3. The molecular formula is C11H13N3O3S2. The quantitative estimate of drug-likeness (QED) is 0.755. The lowest BCUT2D eigenvalue weighted by atomic mass is 10.2. The van der Waals surface area contributed by atoms with Gasteiger partial charge < -0.3 is 10.8 Å². The van der Waals surface area contributed by atoms with Crippen molar-refractivity contribution in [1.82, 2.24) is 9.71 Å². The third kappa shape index (κ3) is 3.51. The van der Waals surface area contributed by atoms with Crippen LogP contribution in [0, 0.1) is 0 Å². The highest BCUT2D eigenvalue weighted by atomic mass is 32.2. The molecule has 8 heteroatoms. The van der Waals surface area contributed by atoms with Gasteiger partial charge >= 0.3 is 0 Å². The zero-order valence-electron chi connectivity index (χ0n) is 9.85. The Bertz CT molecular complexity index is 624. The first-order valence-electron chi connectivity index (χ1n) is 5.40. The van der Waals surface area contributed by atoms with Gasteiger partial charge in [-0.15, -0.1) is 0 Å². The van der Waals surface area contributed by atoms with E-state index in [0.717, 1.165) is 0 Å². The molecule has 0 radical (unpaired) electrons. The minimum Gasteiger partial charge on any atom is -0.387 e. The van der Waals surface area contributed by atoms with Gasteiger partial charge in [-0.3, -0.25) is 0 Å². The Hall–Kier alpha value is -1.48. The third-order valence-corrected chi connectivity index (χ3v) is 4.57. The van der Waals surface area contributed by atoms with Gasteiger partial charge in [-0.2, -0.15) is 11.3 Å². The Morgan fingerprint density at radius 2 is 2.21 bits per heavy atom. The number of nitrogens with two attached hydrogens (primary N) is 1. The predicted octanol–water partition coefficient (Wildman–Crippen LogP) is 0.737. The second kappa shape index (κ2) is 5.66. The van der Waals surface area contributed by atoms with Crippen LogP contribution in [0.1, 0.15) is 11.7 Å². The van der Waals surface area contributed by atoms with Crippen molar-refractivity contribution in [3.63, 3.8) is 0 Å². The Labute approximate surface area is 115 Å². The van der Waals surface area contributed by atoms with Crippen LogP contribution < -0.4 is 10.5 Å². The molecule has 2 aromatic rings. The molecule has 0 aliphatic rings. The highest BCUT2D eigenvalue weighted by Gasteiger charge is 2.17. The Morgan fingerprint density at radius 1 is 1.42 bits per heavy atom. The molecule has 0 saturated heterocycles. The number of nitrogen functional groups attached to an aromatic ring is 1. The van der Waals surface area contributed by atoms with Crippen LogP contribution in [-0.2, 0) is 10.0 Å². The van der Waals surface area contributed by atoms with Gasteiger partial charge in [0.05, 0.1) is 6.10 Å². The van der Waals surface area contributed by atoms with Crippen LogP contribution in [-0.4, -0.2) is 25.1 Å². The van der Waals surface area contributed by atoms with Crippen molar-refractivity contribution in [3.05, 3.63) is 40.7 Å². The molecule has 0 spiro atoms. The molecule has 2 heterocycles. The number of nitrogens with one attached hydrogen (secondary N) is 1. The lowest BCUT2D eigenvalue weighted by Gasteiger charge is -2.11. The molecule has 0 saturated carbocycles. The maximum atomic E-state index is 11.9. The van der Waals surface area contributed by atoms with E-state index in [2.05, 4.69) is 9.71 Å². The number of thiophene rings is 1. The summed E-state index contributed by atoms with van der Waals surface area (Å²) in [5, 5.41) is 13.4. The topological polar surface area (TPSA) is 105 Å².